The van der Waals surface area contributed by atoms with Crippen LogP contribution < -0.4 is 0 Å². The fraction of sp³-hybridized carbons (Fsp3) is 0.632. The van der Waals surface area contributed by atoms with Gasteiger partial charge in [-0.3, -0.25) is 4.79 Å². The molecule has 1 amide bonds. The molecule has 2 aliphatic carbocycles. The summed E-state index contributed by atoms with van der Waals surface area (Å²) >= 11 is 0. The molecule has 0 bridgehead atoms. The third-order valence-electron chi connectivity index (χ3n) is 6.28. The van der Waals surface area contributed by atoms with Crippen LogP contribution in [0, 0.1) is 5.41 Å². The molecular formula is C19H25NO2. The molecule has 1 aliphatic heterocycles. The van der Waals surface area contributed by atoms with Crippen molar-refractivity contribution in [2.24, 2.45) is 5.41 Å². The maximum absolute atomic E-state index is 12.9. The summed E-state index contributed by atoms with van der Waals surface area (Å²) in [7, 11) is 0. The second-order valence-corrected chi connectivity index (χ2v) is 7.44. The largest absolute Gasteiger partial charge is 0.389 e. The van der Waals surface area contributed by atoms with Crippen LogP contribution in [-0.4, -0.2) is 34.6 Å². The van der Waals surface area contributed by atoms with Crippen molar-refractivity contribution < 1.29 is 9.90 Å². The lowest BCUT2D eigenvalue weighted by Gasteiger charge is -2.45. The van der Waals surface area contributed by atoms with Crippen molar-refractivity contribution in [1.82, 2.24) is 4.90 Å². The molecule has 1 heterocycles. The lowest BCUT2D eigenvalue weighted by atomic mass is 9.68. The molecular weight excluding hydrogens is 274 g/mol. The van der Waals surface area contributed by atoms with E-state index < -0.39 is 11.0 Å². The average Bonchev–Trinajstić information content (AvgIpc) is 3.35. The smallest absolute Gasteiger partial charge is 0.231 e. The number of nitrogens with zero attached hydrogens (tertiary/aromatic N) is 1. The summed E-state index contributed by atoms with van der Waals surface area (Å²) in [5, 5.41) is 10.7. The van der Waals surface area contributed by atoms with E-state index in [1.807, 2.05) is 4.90 Å². The minimum Gasteiger partial charge on any atom is -0.389 e. The van der Waals surface area contributed by atoms with Crippen LogP contribution in [0.5, 0.6) is 0 Å². The first-order valence-electron chi connectivity index (χ1n) is 8.71. The van der Waals surface area contributed by atoms with E-state index in [2.05, 4.69) is 30.3 Å². The SMILES string of the molecule is O=C(N1CCC(c2ccccc2)CC1)C1(C2(O)CCC2)CC1. The highest BCUT2D eigenvalue weighted by atomic mass is 16.3. The summed E-state index contributed by atoms with van der Waals surface area (Å²) < 4.78 is 0. The summed E-state index contributed by atoms with van der Waals surface area (Å²) in [4.78, 5) is 15.0. The van der Waals surface area contributed by atoms with E-state index in [0.29, 0.717) is 5.92 Å². The van der Waals surface area contributed by atoms with E-state index >= 15 is 0 Å². The third-order valence-corrected chi connectivity index (χ3v) is 6.28. The van der Waals surface area contributed by atoms with Gasteiger partial charge in [0.15, 0.2) is 0 Å². The molecule has 3 fully saturated rings. The fourth-order valence-corrected chi connectivity index (χ4v) is 4.44. The topological polar surface area (TPSA) is 40.5 Å². The van der Waals surface area contributed by atoms with Gasteiger partial charge >= 0.3 is 0 Å². The number of amides is 1. The zero-order valence-electron chi connectivity index (χ0n) is 13.1. The molecule has 2 saturated carbocycles. The number of piperidine rings is 1. The summed E-state index contributed by atoms with van der Waals surface area (Å²) in [6.45, 7) is 1.69. The van der Waals surface area contributed by atoms with Gasteiger partial charge in [-0.1, -0.05) is 30.3 Å². The van der Waals surface area contributed by atoms with E-state index in [4.69, 9.17) is 0 Å². The number of likely N-dealkylation sites (tertiary alicyclic amines) is 1. The highest BCUT2D eigenvalue weighted by Crippen LogP contribution is 2.62. The Morgan fingerprint density at radius 1 is 1.05 bits per heavy atom. The predicted octanol–water partition coefficient (Wildman–Crippen LogP) is 3.09. The van der Waals surface area contributed by atoms with Gasteiger partial charge in [-0.2, -0.15) is 0 Å². The Morgan fingerprint density at radius 2 is 1.68 bits per heavy atom. The number of hydrogen-bond donors (Lipinski definition) is 1. The van der Waals surface area contributed by atoms with E-state index in [1.165, 1.54) is 5.56 Å². The molecule has 1 aromatic carbocycles. The van der Waals surface area contributed by atoms with Crippen LogP contribution in [0.4, 0.5) is 0 Å². The van der Waals surface area contributed by atoms with Gasteiger partial charge in [0.1, 0.15) is 0 Å². The van der Waals surface area contributed by atoms with Crippen molar-refractivity contribution in [3.8, 4) is 0 Å². The molecule has 3 nitrogen and oxygen atoms in total. The molecule has 0 radical (unpaired) electrons. The minimum absolute atomic E-state index is 0.237. The van der Waals surface area contributed by atoms with Gasteiger partial charge in [0.2, 0.25) is 5.91 Å². The van der Waals surface area contributed by atoms with Crippen molar-refractivity contribution in [2.45, 2.75) is 56.5 Å². The maximum atomic E-state index is 12.9. The lowest BCUT2D eigenvalue weighted by Crippen LogP contribution is -2.55. The second kappa shape index (κ2) is 5.09. The van der Waals surface area contributed by atoms with Crippen LogP contribution in [0.2, 0.25) is 0 Å². The number of hydrogen-bond acceptors (Lipinski definition) is 2. The zero-order chi connectivity index (χ0) is 15.2. The quantitative estimate of drug-likeness (QED) is 0.931. The molecule has 1 aromatic rings. The van der Waals surface area contributed by atoms with Crippen LogP contribution in [-0.2, 0) is 4.79 Å². The van der Waals surface area contributed by atoms with Gasteiger partial charge in [0.05, 0.1) is 11.0 Å². The van der Waals surface area contributed by atoms with Gasteiger partial charge < -0.3 is 10.0 Å². The van der Waals surface area contributed by atoms with Crippen LogP contribution in [0.1, 0.15) is 56.4 Å². The molecule has 3 heteroatoms. The van der Waals surface area contributed by atoms with Crippen LogP contribution in [0.15, 0.2) is 30.3 Å². The molecule has 1 saturated heterocycles. The van der Waals surface area contributed by atoms with E-state index in [1.54, 1.807) is 0 Å². The minimum atomic E-state index is -0.680. The van der Waals surface area contributed by atoms with Gasteiger partial charge in [-0.05, 0) is 56.4 Å². The number of carbonyl (C=O) groups excluding carboxylic acids is 1. The lowest BCUT2D eigenvalue weighted by molar-refractivity contribution is -0.159. The Hall–Kier alpha value is -1.35. The van der Waals surface area contributed by atoms with E-state index in [9.17, 15) is 9.90 Å². The summed E-state index contributed by atoms with van der Waals surface area (Å²) in [6.07, 6.45) is 6.58. The Kier molecular flexibility index (Phi) is 3.30. The number of benzene rings is 1. The predicted molar refractivity (Wildman–Crippen MR) is 85.5 cm³/mol. The van der Waals surface area contributed by atoms with Crippen molar-refractivity contribution in [3.05, 3.63) is 35.9 Å². The summed E-state index contributed by atoms with van der Waals surface area (Å²) in [5.74, 6) is 0.813. The Bertz CT molecular complexity index is 552. The van der Waals surface area contributed by atoms with Crippen molar-refractivity contribution >= 4 is 5.91 Å². The fourth-order valence-electron chi connectivity index (χ4n) is 4.44. The molecule has 3 aliphatic rings. The summed E-state index contributed by atoms with van der Waals surface area (Å²) in [6, 6.07) is 10.6. The van der Waals surface area contributed by atoms with Crippen LogP contribution >= 0.6 is 0 Å². The van der Waals surface area contributed by atoms with Crippen LogP contribution in [0.25, 0.3) is 0 Å². The highest BCUT2D eigenvalue weighted by molar-refractivity contribution is 5.87. The Balaban J connectivity index is 1.41. The maximum Gasteiger partial charge on any atom is 0.231 e. The van der Waals surface area contributed by atoms with Crippen LogP contribution in [0.3, 0.4) is 0 Å². The first-order valence-corrected chi connectivity index (χ1v) is 8.71. The number of carbonyl (C=O) groups is 1. The summed E-state index contributed by atoms with van der Waals surface area (Å²) in [5.41, 5.74) is 0.305. The number of rotatable bonds is 3. The zero-order valence-corrected chi connectivity index (χ0v) is 13.1. The van der Waals surface area contributed by atoms with E-state index in [-0.39, 0.29) is 5.91 Å². The first-order chi connectivity index (χ1) is 10.6. The van der Waals surface area contributed by atoms with Gasteiger partial charge in [-0.25, -0.2) is 0 Å². The molecule has 118 valence electrons. The molecule has 22 heavy (non-hydrogen) atoms. The first kappa shape index (κ1) is 14.3. The molecule has 1 N–H and O–H groups in total. The van der Waals surface area contributed by atoms with E-state index in [0.717, 1.165) is 58.0 Å². The van der Waals surface area contributed by atoms with Crippen molar-refractivity contribution in [3.63, 3.8) is 0 Å². The standard InChI is InChI=1S/C19H25NO2/c21-17(18(11-12-18)19(22)9-4-10-19)20-13-7-16(8-14-20)15-5-2-1-3-6-15/h1-3,5-6,16,22H,4,7-14H2. The molecule has 0 atom stereocenters. The normalized spacial score (nSPS) is 26.3. The molecule has 0 spiro atoms. The van der Waals surface area contributed by atoms with Gasteiger partial charge in [-0.15, -0.1) is 0 Å². The van der Waals surface area contributed by atoms with Gasteiger partial charge in [0.25, 0.3) is 0 Å². The monoisotopic (exact) mass is 299 g/mol. The van der Waals surface area contributed by atoms with Gasteiger partial charge in [0, 0.05) is 13.1 Å². The third kappa shape index (κ3) is 2.10. The second-order valence-electron chi connectivity index (χ2n) is 7.44. The molecule has 0 unspecified atom stereocenters. The number of aliphatic hydroxyl groups is 1. The Morgan fingerprint density at radius 3 is 2.18 bits per heavy atom. The molecule has 0 aromatic heterocycles. The Labute approximate surface area is 132 Å². The molecule has 4 rings (SSSR count). The van der Waals surface area contributed by atoms with Crippen molar-refractivity contribution in [2.75, 3.05) is 13.1 Å². The van der Waals surface area contributed by atoms with Crippen molar-refractivity contribution in [1.29, 1.82) is 0 Å². The highest BCUT2D eigenvalue weighted by Gasteiger charge is 2.66. The average molecular weight is 299 g/mol.